The van der Waals surface area contributed by atoms with Crippen LogP contribution in [0.5, 0.6) is 0 Å². The monoisotopic (exact) mass is 373 g/mol. The molecule has 1 N–H and O–H groups in total. The van der Waals surface area contributed by atoms with E-state index in [1.807, 2.05) is 54.6 Å². The molecular weight excluding hydrogens is 358 g/mol. The highest BCUT2D eigenvalue weighted by Crippen LogP contribution is 2.17. The van der Waals surface area contributed by atoms with Crippen LogP contribution >= 0.6 is 23.4 Å². The lowest BCUT2D eigenvalue weighted by molar-refractivity contribution is -0.118. The van der Waals surface area contributed by atoms with Crippen molar-refractivity contribution in [1.82, 2.24) is 25.5 Å². The summed E-state index contributed by atoms with van der Waals surface area (Å²) in [5, 5.41) is 15.8. The second-order valence-corrected chi connectivity index (χ2v) is 6.61. The van der Waals surface area contributed by atoms with Gasteiger partial charge >= 0.3 is 0 Å². The van der Waals surface area contributed by atoms with Crippen LogP contribution in [0.1, 0.15) is 5.56 Å². The lowest BCUT2D eigenvalue weighted by atomic mass is 10.1. The first kappa shape index (κ1) is 17.4. The van der Waals surface area contributed by atoms with Crippen molar-refractivity contribution in [2.75, 3.05) is 12.3 Å². The van der Waals surface area contributed by atoms with Gasteiger partial charge < -0.3 is 5.32 Å². The van der Waals surface area contributed by atoms with Crippen molar-refractivity contribution in [3.05, 3.63) is 65.2 Å². The Bertz CT molecular complexity index is 840. The van der Waals surface area contributed by atoms with E-state index in [9.17, 15) is 4.79 Å². The SMILES string of the molecule is O=C(CSc1nnnn1-c1ccccc1)NCCc1cccc(Cl)c1. The molecule has 128 valence electrons. The Morgan fingerprint density at radius 3 is 2.80 bits per heavy atom. The van der Waals surface area contributed by atoms with Gasteiger partial charge in [0.2, 0.25) is 11.1 Å². The largest absolute Gasteiger partial charge is 0.355 e. The highest BCUT2D eigenvalue weighted by Gasteiger charge is 2.11. The van der Waals surface area contributed by atoms with E-state index in [0.29, 0.717) is 16.7 Å². The molecule has 1 heterocycles. The second-order valence-electron chi connectivity index (χ2n) is 5.23. The highest BCUT2D eigenvalue weighted by atomic mass is 35.5. The summed E-state index contributed by atoms with van der Waals surface area (Å²) in [6.45, 7) is 0.559. The zero-order valence-electron chi connectivity index (χ0n) is 13.3. The van der Waals surface area contributed by atoms with Gasteiger partial charge in [0.15, 0.2) is 0 Å². The molecule has 2 aromatic carbocycles. The van der Waals surface area contributed by atoms with E-state index in [1.165, 1.54) is 11.8 Å². The van der Waals surface area contributed by atoms with Crippen LogP contribution in [0.25, 0.3) is 5.69 Å². The molecule has 0 radical (unpaired) electrons. The fourth-order valence-electron chi connectivity index (χ4n) is 2.22. The first-order valence-electron chi connectivity index (χ1n) is 7.70. The Balaban J connectivity index is 1.48. The summed E-state index contributed by atoms with van der Waals surface area (Å²) in [5.74, 6) is 0.192. The van der Waals surface area contributed by atoms with Crippen LogP contribution < -0.4 is 5.32 Å². The molecule has 0 saturated heterocycles. The average molecular weight is 374 g/mol. The summed E-state index contributed by atoms with van der Waals surface area (Å²) in [4.78, 5) is 12.0. The molecule has 0 bridgehead atoms. The minimum Gasteiger partial charge on any atom is -0.355 e. The first-order chi connectivity index (χ1) is 12.2. The quantitative estimate of drug-likeness (QED) is 0.645. The van der Waals surface area contributed by atoms with Crippen LogP contribution in [0.15, 0.2) is 59.8 Å². The third-order valence-corrected chi connectivity index (χ3v) is 4.55. The van der Waals surface area contributed by atoms with Crippen molar-refractivity contribution >= 4 is 29.3 Å². The standard InChI is InChI=1S/C17H16ClN5OS/c18-14-6-4-5-13(11-14)9-10-19-16(24)12-25-17-20-21-22-23(17)15-7-2-1-3-8-15/h1-8,11H,9-10,12H2,(H,19,24). The number of aromatic nitrogens is 4. The van der Waals surface area contributed by atoms with E-state index in [0.717, 1.165) is 17.7 Å². The number of amides is 1. The van der Waals surface area contributed by atoms with Crippen LogP contribution in [-0.4, -0.2) is 38.4 Å². The van der Waals surface area contributed by atoms with Gasteiger partial charge in [-0.25, -0.2) is 0 Å². The average Bonchev–Trinajstić information content (AvgIpc) is 3.09. The maximum Gasteiger partial charge on any atom is 0.230 e. The third-order valence-electron chi connectivity index (χ3n) is 3.40. The molecule has 0 aliphatic heterocycles. The smallest absolute Gasteiger partial charge is 0.230 e. The normalized spacial score (nSPS) is 10.6. The topological polar surface area (TPSA) is 72.7 Å². The number of carbonyl (C=O) groups is 1. The van der Waals surface area contributed by atoms with E-state index in [4.69, 9.17) is 11.6 Å². The lowest BCUT2D eigenvalue weighted by Gasteiger charge is -2.06. The van der Waals surface area contributed by atoms with Gasteiger partial charge in [-0.15, -0.1) is 5.10 Å². The molecule has 0 unspecified atom stereocenters. The van der Waals surface area contributed by atoms with Crippen LogP contribution in [0, 0.1) is 0 Å². The van der Waals surface area contributed by atoms with Crippen molar-refractivity contribution in [3.63, 3.8) is 0 Å². The van der Waals surface area contributed by atoms with Gasteiger partial charge in [-0.1, -0.05) is 53.7 Å². The number of thioether (sulfide) groups is 1. The Labute approximate surface area is 154 Å². The van der Waals surface area contributed by atoms with Gasteiger partial charge in [-0.2, -0.15) is 4.68 Å². The van der Waals surface area contributed by atoms with Crippen LogP contribution in [-0.2, 0) is 11.2 Å². The van der Waals surface area contributed by atoms with Gasteiger partial charge in [0.1, 0.15) is 0 Å². The molecule has 0 fully saturated rings. The van der Waals surface area contributed by atoms with Crippen molar-refractivity contribution in [2.45, 2.75) is 11.6 Å². The molecule has 0 aliphatic carbocycles. The second kappa shape index (κ2) is 8.64. The number of halogens is 1. The molecular formula is C17H16ClN5OS. The van der Waals surface area contributed by atoms with Gasteiger partial charge in [0.25, 0.3) is 0 Å². The van der Waals surface area contributed by atoms with Gasteiger partial charge in [0, 0.05) is 11.6 Å². The van der Waals surface area contributed by atoms with E-state index in [-0.39, 0.29) is 11.7 Å². The first-order valence-corrected chi connectivity index (χ1v) is 9.06. The summed E-state index contributed by atoms with van der Waals surface area (Å²) in [6, 6.07) is 17.2. The van der Waals surface area contributed by atoms with Crippen LogP contribution in [0.4, 0.5) is 0 Å². The van der Waals surface area contributed by atoms with Gasteiger partial charge in [0.05, 0.1) is 11.4 Å². The summed E-state index contributed by atoms with van der Waals surface area (Å²) in [5.41, 5.74) is 1.95. The molecule has 0 aliphatic rings. The maximum absolute atomic E-state index is 12.0. The van der Waals surface area contributed by atoms with E-state index >= 15 is 0 Å². The minimum absolute atomic E-state index is 0.0605. The highest BCUT2D eigenvalue weighted by molar-refractivity contribution is 7.99. The molecule has 1 aromatic heterocycles. The zero-order chi connectivity index (χ0) is 17.5. The zero-order valence-corrected chi connectivity index (χ0v) is 14.9. The molecule has 0 atom stereocenters. The number of hydrogen-bond donors (Lipinski definition) is 1. The lowest BCUT2D eigenvalue weighted by Crippen LogP contribution is -2.27. The molecule has 25 heavy (non-hydrogen) atoms. The van der Waals surface area contributed by atoms with E-state index < -0.39 is 0 Å². The number of benzene rings is 2. The van der Waals surface area contributed by atoms with Crippen molar-refractivity contribution in [3.8, 4) is 5.69 Å². The van der Waals surface area contributed by atoms with E-state index in [2.05, 4.69) is 20.8 Å². The van der Waals surface area contributed by atoms with Crippen molar-refractivity contribution < 1.29 is 4.79 Å². The number of tetrazole rings is 1. The molecule has 0 saturated carbocycles. The molecule has 3 rings (SSSR count). The summed E-state index contributed by atoms with van der Waals surface area (Å²) in [7, 11) is 0. The van der Waals surface area contributed by atoms with Crippen LogP contribution in [0.3, 0.4) is 0 Å². The van der Waals surface area contributed by atoms with Gasteiger partial charge in [-0.05, 0) is 46.7 Å². The predicted molar refractivity (Wildman–Crippen MR) is 98.0 cm³/mol. The maximum atomic E-state index is 12.0. The molecule has 3 aromatic rings. The Kier molecular flexibility index (Phi) is 6.03. The Morgan fingerprint density at radius 2 is 2.00 bits per heavy atom. The van der Waals surface area contributed by atoms with Gasteiger partial charge in [-0.3, -0.25) is 4.79 Å². The summed E-state index contributed by atoms with van der Waals surface area (Å²) >= 11 is 7.25. The minimum atomic E-state index is -0.0605. The fourth-order valence-corrected chi connectivity index (χ4v) is 3.15. The number of hydrogen-bond acceptors (Lipinski definition) is 5. The van der Waals surface area contributed by atoms with Crippen molar-refractivity contribution in [1.29, 1.82) is 0 Å². The number of nitrogens with zero attached hydrogens (tertiary/aromatic N) is 4. The number of carbonyl (C=O) groups excluding carboxylic acids is 1. The molecule has 8 heteroatoms. The van der Waals surface area contributed by atoms with E-state index in [1.54, 1.807) is 4.68 Å². The van der Waals surface area contributed by atoms with Crippen molar-refractivity contribution in [2.24, 2.45) is 0 Å². The fraction of sp³-hybridized carbons (Fsp3) is 0.176. The number of rotatable bonds is 7. The summed E-state index contributed by atoms with van der Waals surface area (Å²) in [6.07, 6.45) is 0.735. The molecule has 0 spiro atoms. The Morgan fingerprint density at radius 1 is 1.16 bits per heavy atom. The Hall–Kier alpha value is -2.38. The molecule has 6 nitrogen and oxygen atoms in total. The summed E-state index contributed by atoms with van der Waals surface area (Å²) < 4.78 is 1.61. The predicted octanol–water partition coefficient (Wildman–Crippen LogP) is 2.77. The molecule has 1 amide bonds. The number of para-hydroxylation sites is 1. The number of nitrogens with one attached hydrogen (secondary N) is 1. The third kappa shape index (κ3) is 5.04. The van der Waals surface area contributed by atoms with Crippen LogP contribution in [0.2, 0.25) is 5.02 Å².